The van der Waals surface area contributed by atoms with Gasteiger partial charge in [-0.3, -0.25) is 0 Å². The highest BCUT2D eigenvalue weighted by Crippen LogP contribution is 2.23. The zero-order valence-electron chi connectivity index (χ0n) is 12.0. The fourth-order valence-corrected chi connectivity index (χ4v) is 2.45. The molecule has 0 aliphatic carbocycles. The Balaban J connectivity index is 2.14. The first kappa shape index (κ1) is 14.7. The van der Waals surface area contributed by atoms with Crippen molar-refractivity contribution in [2.75, 3.05) is 13.1 Å². The molecule has 0 heterocycles. The van der Waals surface area contributed by atoms with Crippen molar-refractivity contribution in [1.82, 2.24) is 5.32 Å². The van der Waals surface area contributed by atoms with Crippen LogP contribution in [0.4, 0.5) is 4.39 Å². The lowest BCUT2D eigenvalue weighted by molar-refractivity contribution is 0.536. The molecular formula is C18H22FN. The fourth-order valence-electron chi connectivity index (χ4n) is 2.45. The average molecular weight is 271 g/mol. The molecule has 2 heteroatoms. The van der Waals surface area contributed by atoms with E-state index in [1.54, 1.807) is 12.1 Å². The van der Waals surface area contributed by atoms with E-state index in [0.717, 1.165) is 31.5 Å². The van der Waals surface area contributed by atoms with Gasteiger partial charge in [-0.2, -0.15) is 0 Å². The molecule has 0 radical (unpaired) electrons. The van der Waals surface area contributed by atoms with E-state index in [-0.39, 0.29) is 11.7 Å². The van der Waals surface area contributed by atoms with E-state index in [1.165, 1.54) is 5.56 Å². The molecule has 1 nitrogen and oxygen atoms in total. The second-order valence-corrected chi connectivity index (χ2v) is 5.11. The van der Waals surface area contributed by atoms with Crippen LogP contribution in [-0.4, -0.2) is 13.1 Å². The molecule has 2 rings (SSSR count). The third kappa shape index (κ3) is 4.17. The van der Waals surface area contributed by atoms with Gasteiger partial charge in [0.2, 0.25) is 0 Å². The maximum atomic E-state index is 14.0. The lowest BCUT2D eigenvalue weighted by Crippen LogP contribution is -2.24. The lowest BCUT2D eigenvalue weighted by Gasteiger charge is -2.19. The Labute approximate surface area is 120 Å². The number of nitrogens with one attached hydrogen (secondary N) is 1. The van der Waals surface area contributed by atoms with Gasteiger partial charge < -0.3 is 5.32 Å². The van der Waals surface area contributed by atoms with Crippen molar-refractivity contribution in [3.8, 4) is 0 Å². The molecule has 1 N–H and O–H groups in total. The quantitative estimate of drug-likeness (QED) is 0.746. The summed E-state index contributed by atoms with van der Waals surface area (Å²) in [6.07, 6.45) is 1.95. The van der Waals surface area contributed by atoms with Crippen LogP contribution in [0.25, 0.3) is 0 Å². The third-order valence-electron chi connectivity index (χ3n) is 3.49. The minimum atomic E-state index is -0.105. The Bertz CT molecular complexity index is 510. The Morgan fingerprint density at radius 3 is 2.40 bits per heavy atom. The van der Waals surface area contributed by atoms with Gasteiger partial charge in [-0.1, -0.05) is 55.5 Å². The van der Waals surface area contributed by atoms with Crippen molar-refractivity contribution < 1.29 is 4.39 Å². The first-order valence-electron chi connectivity index (χ1n) is 7.30. The molecular weight excluding hydrogens is 249 g/mol. The summed E-state index contributed by atoms with van der Waals surface area (Å²) in [5.74, 6) is 0.0666. The number of benzene rings is 2. The van der Waals surface area contributed by atoms with E-state index < -0.39 is 0 Å². The first-order valence-corrected chi connectivity index (χ1v) is 7.30. The Morgan fingerprint density at radius 1 is 1.00 bits per heavy atom. The standard InChI is InChI=1S/C18H22FN/c1-2-12-20-14-16(13-15-8-4-3-5-9-15)17-10-6-7-11-18(17)19/h3-11,16,20H,2,12-14H2,1H3. The maximum absolute atomic E-state index is 14.0. The van der Waals surface area contributed by atoms with Gasteiger partial charge in [0.1, 0.15) is 5.82 Å². The summed E-state index contributed by atoms with van der Waals surface area (Å²) in [6.45, 7) is 3.92. The molecule has 2 aromatic carbocycles. The van der Waals surface area contributed by atoms with E-state index in [4.69, 9.17) is 0 Å². The normalized spacial score (nSPS) is 12.3. The topological polar surface area (TPSA) is 12.0 Å². The van der Waals surface area contributed by atoms with E-state index >= 15 is 0 Å². The zero-order chi connectivity index (χ0) is 14.2. The van der Waals surface area contributed by atoms with Gasteiger partial charge in [0.05, 0.1) is 0 Å². The number of rotatable bonds is 7. The molecule has 2 aromatic rings. The van der Waals surface area contributed by atoms with E-state index in [9.17, 15) is 4.39 Å². The second kappa shape index (κ2) is 7.81. The third-order valence-corrected chi connectivity index (χ3v) is 3.49. The van der Waals surface area contributed by atoms with Crippen LogP contribution in [0.15, 0.2) is 54.6 Å². The monoisotopic (exact) mass is 271 g/mol. The van der Waals surface area contributed by atoms with Gasteiger partial charge >= 0.3 is 0 Å². The van der Waals surface area contributed by atoms with E-state index in [2.05, 4.69) is 24.4 Å². The highest BCUT2D eigenvalue weighted by atomic mass is 19.1. The zero-order valence-corrected chi connectivity index (χ0v) is 12.0. The minimum Gasteiger partial charge on any atom is -0.316 e. The molecule has 0 saturated carbocycles. The van der Waals surface area contributed by atoms with Gasteiger partial charge in [0, 0.05) is 12.5 Å². The summed E-state index contributed by atoms with van der Waals surface area (Å²) in [7, 11) is 0. The minimum absolute atomic E-state index is 0.105. The molecule has 106 valence electrons. The van der Waals surface area contributed by atoms with Crippen LogP contribution in [0, 0.1) is 5.82 Å². The van der Waals surface area contributed by atoms with Crippen molar-refractivity contribution in [3.05, 3.63) is 71.5 Å². The molecule has 0 aliphatic rings. The summed E-state index contributed by atoms with van der Waals surface area (Å²) in [5.41, 5.74) is 2.05. The van der Waals surface area contributed by atoms with Gasteiger partial charge in [0.15, 0.2) is 0 Å². The largest absolute Gasteiger partial charge is 0.316 e. The van der Waals surface area contributed by atoms with Crippen molar-refractivity contribution in [3.63, 3.8) is 0 Å². The van der Waals surface area contributed by atoms with Crippen molar-refractivity contribution in [2.24, 2.45) is 0 Å². The van der Waals surface area contributed by atoms with Gasteiger partial charge in [-0.25, -0.2) is 4.39 Å². The van der Waals surface area contributed by atoms with Crippen LogP contribution < -0.4 is 5.32 Å². The molecule has 0 fully saturated rings. The van der Waals surface area contributed by atoms with Crippen LogP contribution in [0.1, 0.15) is 30.4 Å². The highest BCUT2D eigenvalue weighted by molar-refractivity contribution is 5.26. The summed E-state index contributed by atoms with van der Waals surface area (Å²) < 4.78 is 14.0. The molecule has 0 aliphatic heterocycles. The Hall–Kier alpha value is -1.67. The van der Waals surface area contributed by atoms with E-state index in [0.29, 0.717) is 0 Å². The summed E-state index contributed by atoms with van der Waals surface area (Å²) in [5, 5.41) is 3.41. The van der Waals surface area contributed by atoms with Crippen molar-refractivity contribution >= 4 is 0 Å². The maximum Gasteiger partial charge on any atom is 0.126 e. The Kier molecular flexibility index (Phi) is 5.75. The van der Waals surface area contributed by atoms with Crippen molar-refractivity contribution in [2.45, 2.75) is 25.7 Å². The van der Waals surface area contributed by atoms with Crippen LogP contribution in [0.2, 0.25) is 0 Å². The molecule has 0 aromatic heterocycles. The average Bonchev–Trinajstić information content (AvgIpc) is 2.48. The smallest absolute Gasteiger partial charge is 0.126 e. The molecule has 0 amide bonds. The predicted molar refractivity (Wildman–Crippen MR) is 82.4 cm³/mol. The molecule has 20 heavy (non-hydrogen) atoms. The number of halogens is 1. The second-order valence-electron chi connectivity index (χ2n) is 5.11. The van der Waals surface area contributed by atoms with Crippen LogP contribution in [-0.2, 0) is 6.42 Å². The number of hydrogen-bond donors (Lipinski definition) is 1. The number of hydrogen-bond acceptors (Lipinski definition) is 1. The predicted octanol–water partition coefficient (Wildman–Crippen LogP) is 4.15. The van der Waals surface area contributed by atoms with Gasteiger partial charge in [-0.15, -0.1) is 0 Å². The highest BCUT2D eigenvalue weighted by Gasteiger charge is 2.15. The molecule has 1 atom stereocenters. The van der Waals surface area contributed by atoms with Crippen LogP contribution in [0.5, 0.6) is 0 Å². The summed E-state index contributed by atoms with van der Waals surface area (Å²) in [6, 6.07) is 17.4. The van der Waals surface area contributed by atoms with Crippen molar-refractivity contribution in [1.29, 1.82) is 0 Å². The van der Waals surface area contributed by atoms with E-state index in [1.807, 2.05) is 30.3 Å². The molecule has 1 unspecified atom stereocenters. The van der Waals surface area contributed by atoms with Gasteiger partial charge in [-0.05, 0) is 36.6 Å². The van der Waals surface area contributed by atoms with Crippen LogP contribution in [0.3, 0.4) is 0 Å². The SMILES string of the molecule is CCCNCC(Cc1ccccc1)c1ccccc1F. The summed E-state index contributed by atoms with van der Waals surface area (Å²) >= 11 is 0. The van der Waals surface area contributed by atoms with Gasteiger partial charge in [0.25, 0.3) is 0 Å². The molecule has 0 saturated heterocycles. The fraction of sp³-hybridized carbons (Fsp3) is 0.333. The first-order chi connectivity index (χ1) is 9.81. The molecule has 0 bridgehead atoms. The van der Waals surface area contributed by atoms with Crippen LogP contribution >= 0.6 is 0 Å². The Morgan fingerprint density at radius 2 is 1.70 bits per heavy atom. The summed E-state index contributed by atoms with van der Waals surface area (Å²) in [4.78, 5) is 0. The molecule has 0 spiro atoms. The lowest BCUT2D eigenvalue weighted by atomic mass is 9.91.